The molecule has 0 atom stereocenters. The minimum absolute atomic E-state index is 0.338. The highest BCUT2D eigenvalue weighted by molar-refractivity contribution is 6.04. The SMILES string of the molecule is O=C(O)C1=C(C(=O)O)CC(C(=O)O)=C(C(=O)O)CC1. The first-order valence-corrected chi connectivity index (χ1v) is 5.13. The van der Waals surface area contributed by atoms with Crippen LogP contribution in [0.5, 0.6) is 0 Å². The van der Waals surface area contributed by atoms with E-state index in [1.807, 2.05) is 0 Å². The second kappa shape index (κ2) is 5.34. The van der Waals surface area contributed by atoms with E-state index in [1.54, 1.807) is 0 Å². The van der Waals surface area contributed by atoms with E-state index in [1.165, 1.54) is 0 Å². The lowest BCUT2D eigenvalue weighted by molar-refractivity contribution is -0.136. The first-order chi connectivity index (χ1) is 8.75. The van der Waals surface area contributed by atoms with E-state index in [-0.39, 0.29) is 12.8 Å². The maximum Gasteiger partial charge on any atom is 0.332 e. The van der Waals surface area contributed by atoms with Crippen molar-refractivity contribution in [2.75, 3.05) is 0 Å². The Bertz CT molecular complexity index is 489. The van der Waals surface area contributed by atoms with Gasteiger partial charge >= 0.3 is 23.9 Å². The van der Waals surface area contributed by atoms with Crippen LogP contribution in [-0.2, 0) is 19.2 Å². The fourth-order valence-corrected chi connectivity index (χ4v) is 1.82. The molecule has 8 heteroatoms. The van der Waals surface area contributed by atoms with Gasteiger partial charge in [-0.05, 0) is 12.8 Å². The van der Waals surface area contributed by atoms with Crippen molar-refractivity contribution in [2.24, 2.45) is 0 Å². The largest absolute Gasteiger partial charge is 0.478 e. The summed E-state index contributed by atoms with van der Waals surface area (Å²) in [6.07, 6.45) is -1.40. The first-order valence-electron chi connectivity index (χ1n) is 5.13. The number of carbonyl (C=O) groups is 4. The summed E-state index contributed by atoms with van der Waals surface area (Å²) in [6.45, 7) is 0. The van der Waals surface area contributed by atoms with Gasteiger partial charge in [-0.2, -0.15) is 0 Å². The monoisotopic (exact) mass is 270 g/mol. The van der Waals surface area contributed by atoms with Crippen LogP contribution in [0.25, 0.3) is 0 Å². The van der Waals surface area contributed by atoms with E-state index >= 15 is 0 Å². The van der Waals surface area contributed by atoms with E-state index in [2.05, 4.69) is 0 Å². The van der Waals surface area contributed by atoms with Crippen LogP contribution in [0.4, 0.5) is 0 Å². The molecule has 19 heavy (non-hydrogen) atoms. The molecule has 8 nitrogen and oxygen atoms in total. The van der Waals surface area contributed by atoms with E-state index < -0.39 is 52.6 Å². The highest BCUT2D eigenvalue weighted by atomic mass is 16.4. The van der Waals surface area contributed by atoms with E-state index in [0.29, 0.717) is 0 Å². The minimum Gasteiger partial charge on any atom is -0.478 e. The molecule has 0 spiro atoms. The molecule has 0 aromatic heterocycles. The number of hydrogen-bond donors (Lipinski definition) is 4. The van der Waals surface area contributed by atoms with Gasteiger partial charge in [0.15, 0.2) is 0 Å². The highest BCUT2D eigenvalue weighted by Crippen LogP contribution is 2.29. The third kappa shape index (κ3) is 2.97. The number of rotatable bonds is 4. The van der Waals surface area contributed by atoms with E-state index in [9.17, 15) is 19.2 Å². The third-order valence-corrected chi connectivity index (χ3v) is 2.74. The Balaban J connectivity index is 3.40. The lowest BCUT2D eigenvalue weighted by Crippen LogP contribution is -2.14. The van der Waals surface area contributed by atoms with Gasteiger partial charge in [0.25, 0.3) is 0 Å². The molecule has 0 heterocycles. The average Bonchev–Trinajstić information content (AvgIpc) is 2.47. The summed E-state index contributed by atoms with van der Waals surface area (Å²) in [5.74, 6) is -6.12. The van der Waals surface area contributed by atoms with Gasteiger partial charge in [-0.3, -0.25) is 0 Å². The van der Waals surface area contributed by atoms with Gasteiger partial charge in [-0.25, -0.2) is 19.2 Å². The summed E-state index contributed by atoms with van der Waals surface area (Å²) in [4.78, 5) is 43.8. The van der Waals surface area contributed by atoms with E-state index in [0.717, 1.165) is 0 Å². The molecule has 0 unspecified atom stereocenters. The lowest BCUT2D eigenvalue weighted by atomic mass is 10.0. The van der Waals surface area contributed by atoms with Crippen molar-refractivity contribution in [1.29, 1.82) is 0 Å². The Morgan fingerprint density at radius 3 is 1.05 bits per heavy atom. The van der Waals surface area contributed by atoms with Crippen molar-refractivity contribution in [1.82, 2.24) is 0 Å². The Morgan fingerprint density at radius 1 is 0.579 bits per heavy atom. The van der Waals surface area contributed by atoms with Gasteiger partial charge in [-0.1, -0.05) is 0 Å². The number of hydrogen-bond acceptors (Lipinski definition) is 4. The smallest absolute Gasteiger partial charge is 0.332 e. The summed E-state index contributed by atoms with van der Waals surface area (Å²) in [5, 5.41) is 35.6. The standard InChI is InChI=1S/C11H10O8/c12-8(13)4-1-2-5(9(14)15)7(11(18)19)3-6(4)10(16)17/h1-3H2,(H,12,13)(H,14,15)(H,16,17)(H,18,19). The van der Waals surface area contributed by atoms with Crippen molar-refractivity contribution in [3.63, 3.8) is 0 Å². The zero-order chi connectivity index (χ0) is 14.7. The molecule has 1 rings (SSSR count). The zero-order valence-electron chi connectivity index (χ0n) is 9.54. The fourth-order valence-electron chi connectivity index (χ4n) is 1.82. The fraction of sp³-hybridized carbons (Fsp3) is 0.273. The first kappa shape index (κ1) is 14.4. The molecule has 0 amide bonds. The molecule has 1 aliphatic rings. The van der Waals surface area contributed by atoms with Crippen LogP contribution in [0.15, 0.2) is 22.3 Å². The van der Waals surface area contributed by atoms with Crippen molar-refractivity contribution >= 4 is 23.9 Å². The molecular weight excluding hydrogens is 260 g/mol. The molecule has 1 aliphatic carbocycles. The Labute approximate surface area is 106 Å². The van der Waals surface area contributed by atoms with Crippen molar-refractivity contribution in [2.45, 2.75) is 19.3 Å². The summed E-state index contributed by atoms with van der Waals surface area (Å²) in [7, 11) is 0. The second-order valence-electron chi connectivity index (χ2n) is 3.81. The average molecular weight is 270 g/mol. The Kier molecular flexibility index (Phi) is 4.05. The molecule has 0 saturated heterocycles. The van der Waals surface area contributed by atoms with Crippen LogP contribution in [-0.4, -0.2) is 44.3 Å². The second-order valence-corrected chi connectivity index (χ2v) is 3.81. The van der Waals surface area contributed by atoms with Gasteiger partial charge in [0.1, 0.15) is 0 Å². The number of carboxylic acid groups (broad SMARTS) is 4. The molecule has 4 N–H and O–H groups in total. The zero-order valence-corrected chi connectivity index (χ0v) is 9.54. The van der Waals surface area contributed by atoms with Crippen LogP contribution >= 0.6 is 0 Å². The molecule has 0 aliphatic heterocycles. The molecule has 0 bridgehead atoms. The normalized spacial score (nSPS) is 16.0. The minimum atomic E-state index is -1.57. The number of aliphatic carboxylic acids is 4. The van der Waals surface area contributed by atoms with Crippen LogP contribution < -0.4 is 0 Å². The Morgan fingerprint density at radius 2 is 0.842 bits per heavy atom. The molecule has 0 fully saturated rings. The van der Waals surface area contributed by atoms with Crippen LogP contribution in [0.3, 0.4) is 0 Å². The van der Waals surface area contributed by atoms with Gasteiger partial charge < -0.3 is 20.4 Å². The maximum atomic E-state index is 11.0. The molecule has 0 saturated carbocycles. The summed E-state index contributed by atoms with van der Waals surface area (Å²) < 4.78 is 0. The topological polar surface area (TPSA) is 149 Å². The van der Waals surface area contributed by atoms with Gasteiger partial charge in [-0.15, -0.1) is 0 Å². The Hall–Kier alpha value is -2.64. The third-order valence-electron chi connectivity index (χ3n) is 2.74. The summed E-state index contributed by atoms with van der Waals surface area (Å²) >= 11 is 0. The van der Waals surface area contributed by atoms with Crippen LogP contribution in [0, 0.1) is 0 Å². The molecule has 0 aromatic rings. The van der Waals surface area contributed by atoms with Crippen molar-refractivity contribution in [3.05, 3.63) is 22.3 Å². The van der Waals surface area contributed by atoms with Crippen LogP contribution in [0.1, 0.15) is 19.3 Å². The predicted octanol–water partition coefficient (Wildman–Crippen LogP) is 0.102. The van der Waals surface area contributed by atoms with Crippen LogP contribution in [0.2, 0.25) is 0 Å². The van der Waals surface area contributed by atoms with Gasteiger partial charge in [0.05, 0.1) is 11.1 Å². The van der Waals surface area contributed by atoms with E-state index in [4.69, 9.17) is 20.4 Å². The van der Waals surface area contributed by atoms with Crippen molar-refractivity contribution in [3.8, 4) is 0 Å². The molecule has 102 valence electrons. The molecule has 0 radical (unpaired) electrons. The van der Waals surface area contributed by atoms with Crippen molar-refractivity contribution < 1.29 is 39.6 Å². The summed E-state index contributed by atoms with van der Waals surface area (Å²) in [5.41, 5.74) is -2.13. The molecular formula is C11H10O8. The predicted molar refractivity (Wildman–Crippen MR) is 58.4 cm³/mol. The lowest BCUT2D eigenvalue weighted by Gasteiger charge is -2.05. The maximum absolute atomic E-state index is 11.0. The van der Waals surface area contributed by atoms with Gasteiger partial charge in [0, 0.05) is 17.6 Å². The highest BCUT2D eigenvalue weighted by Gasteiger charge is 2.30. The molecule has 0 aromatic carbocycles. The number of carboxylic acids is 4. The quantitative estimate of drug-likeness (QED) is 0.561. The summed E-state index contributed by atoms with van der Waals surface area (Å²) in [6, 6.07) is 0. The van der Waals surface area contributed by atoms with Gasteiger partial charge in [0.2, 0.25) is 0 Å².